The van der Waals surface area contributed by atoms with Crippen LogP contribution in [0, 0.1) is 5.82 Å². The molecule has 0 bridgehead atoms. The lowest BCUT2D eigenvalue weighted by Gasteiger charge is -2.37. The van der Waals surface area contributed by atoms with Crippen LogP contribution >= 0.6 is 11.6 Å². The van der Waals surface area contributed by atoms with E-state index in [0.717, 1.165) is 0 Å². The van der Waals surface area contributed by atoms with Crippen LogP contribution in [0.15, 0.2) is 24.5 Å². The summed E-state index contributed by atoms with van der Waals surface area (Å²) in [6, 6.07) is 3.61. The number of piperazine rings is 1. The zero-order valence-electron chi connectivity index (χ0n) is 17.7. The number of sulfone groups is 1. The summed E-state index contributed by atoms with van der Waals surface area (Å²) in [7, 11) is -3.27. The average Bonchev–Trinajstić information content (AvgIpc) is 3.04. The van der Waals surface area contributed by atoms with Crippen LogP contribution in [0.25, 0.3) is 0 Å². The van der Waals surface area contributed by atoms with Crippen molar-refractivity contribution in [2.75, 3.05) is 31.1 Å². The van der Waals surface area contributed by atoms with E-state index < -0.39 is 26.9 Å². The van der Waals surface area contributed by atoms with Crippen LogP contribution < -0.4 is 10.6 Å². The second kappa shape index (κ2) is 8.92. The maximum absolute atomic E-state index is 13.7. The molecule has 0 aliphatic carbocycles. The van der Waals surface area contributed by atoms with E-state index in [2.05, 4.69) is 9.97 Å². The molecule has 2 aliphatic rings. The maximum Gasteiger partial charge on any atom is 0.239 e. The van der Waals surface area contributed by atoms with Gasteiger partial charge in [-0.05, 0) is 30.5 Å². The number of anilines is 1. The van der Waals surface area contributed by atoms with E-state index in [9.17, 15) is 17.6 Å². The third-order valence-corrected chi connectivity index (χ3v) is 8.48. The lowest BCUT2D eigenvalue weighted by molar-refractivity contribution is -0.132. The van der Waals surface area contributed by atoms with Crippen molar-refractivity contribution in [2.24, 2.45) is 5.73 Å². The van der Waals surface area contributed by atoms with Crippen LogP contribution in [0.3, 0.4) is 0 Å². The van der Waals surface area contributed by atoms with Crippen LogP contribution in [-0.4, -0.2) is 61.4 Å². The van der Waals surface area contributed by atoms with Crippen molar-refractivity contribution in [3.63, 3.8) is 0 Å². The highest BCUT2D eigenvalue weighted by Gasteiger charge is 2.40. The van der Waals surface area contributed by atoms with Gasteiger partial charge in [-0.2, -0.15) is 0 Å². The maximum atomic E-state index is 13.7. The van der Waals surface area contributed by atoms with Crippen molar-refractivity contribution in [2.45, 2.75) is 36.8 Å². The number of amides is 1. The Morgan fingerprint density at radius 3 is 2.66 bits per heavy atom. The Bertz CT molecular complexity index is 1140. The van der Waals surface area contributed by atoms with Gasteiger partial charge in [-0.1, -0.05) is 24.6 Å². The Balaban J connectivity index is 1.42. The Hall–Kier alpha value is -2.30. The van der Waals surface area contributed by atoms with Gasteiger partial charge in [0.1, 0.15) is 18.0 Å². The number of carbonyl (C=O) groups is 1. The number of nitrogens with zero attached hydrogens (tertiary/aromatic N) is 4. The molecular weight excluding hydrogens is 457 g/mol. The van der Waals surface area contributed by atoms with Crippen molar-refractivity contribution >= 4 is 33.2 Å². The van der Waals surface area contributed by atoms with Crippen molar-refractivity contribution in [3.8, 4) is 0 Å². The Labute approximate surface area is 191 Å². The molecule has 2 aliphatic heterocycles. The standard InChI is InChI=1S/C21H25ClFN5O3S/c1-2-18-19-17(11-32(18,30)31)25-12-26-20(19)27-5-7-28(8-6-27)21(29)16(24)10-13-3-4-14(22)15(23)9-13/h3-4,9,12,16,18H,2,5-8,10-11,24H2,1H3/t16-,18?/m1/s1. The molecule has 32 heavy (non-hydrogen) atoms. The summed E-state index contributed by atoms with van der Waals surface area (Å²) in [5.41, 5.74) is 7.97. The van der Waals surface area contributed by atoms with Gasteiger partial charge < -0.3 is 15.5 Å². The predicted octanol–water partition coefficient (Wildman–Crippen LogP) is 1.87. The highest BCUT2D eigenvalue weighted by molar-refractivity contribution is 7.91. The summed E-state index contributed by atoms with van der Waals surface area (Å²) < 4.78 is 38.7. The molecule has 8 nitrogen and oxygen atoms in total. The molecule has 1 amide bonds. The number of rotatable bonds is 5. The molecule has 1 unspecified atom stereocenters. The second-order valence-corrected chi connectivity index (χ2v) is 10.7. The number of fused-ring (bicyclic) bond motifs is 1. The summed E-state index contributed by atoms with van der Waals surface area (Å²) >= 11 is 5.71. The van der Waals surface area contributed by atoms with Crippen LogP contribution in [0.1, 0.15) is 35.4 Å². The first kappa shape index (κ1) is 22.9. The van der Waals surface area contributed by atoms with Crippen molar-refractivity contribution in [1.82, 2.24) is 14.9 Å². The number of carbonyl (C=O) groups excluding carboxylic acids is 1. The highest BCUT2D eigenvalue weighted by atomic mass is 35.5. The first-order chi connectivity index (χ1) is 15.2. The highest BCUT2D eigenvalue weighted by Crippen LogP contribution is 2.42. The molecule has 2 atom stereocenters. The van der Waals surface area contributed by atoms with Gasteiger partial charge in [-0.15, -0.1) is 0 Å². The molecule has 3 heterocycles. The van der Waals surface area contributed by atoms with Crippen LogP contribution in [0.2, 0.25) is 5.02 Å². The number of nitrogens with two attached hydrogens (primary N) is 1. The summed E-state index contributed by atoms with van der Waals surface area (Å²) in [5, 5.41) is -0.569. The largest absolute Gasteiger partial charge is 0.353 e. The van der Waals surface area contributed by atoms with Gasteiger partial charge in [0.2, 0.25) is 5.91 Å². The fourth-order valence-electron chi connectivity index (χ4n) is 4.43. The van der Waals surface area contributed by atoms with E-state index in [1.807, 2.05) is 11.8 Å². The minimum Gasteiger partial charge on any atom is -0.353 e. The van der Waals surface area contributed by atoms with Crippen molar-refractivity contribution in [1.29, 1.82) is 0 Å². The monoisotopic (exact) mass is 481 g/mol. The molecule has 11 heteroatoms. The Morgan fingerprint density at radius 1 is 1.28 bits per heavy atom. The van der Waals surface area contributed by atoms with Gasteiger partial charge in [-0.25, -0.2) is 22.8 Å². The van der Waals surface area contributed by atoms with Crippen molar-refractivity contribution < 1.29 is 17.6 Å². The molecule has 0 saturated carbocycles. The Kier molecular flexibility index (Phi) is 6.37. The molecule has 4 rings (SSSR count). The van der Waals surface area contributed by atoms with E-state index in [4.69, 9.17) is 17.3 Å². The minimum atomic E-state index is -3.27. The van der Waals surface area contributed by atoms with E-state index in [0.29, 0.717) is 55.2 Å². The number of hydrogen-bond donors (Lipinski definition) is 1. The molecule has 1 aromatic heterocycles. The lowest BCUT2D eigenvalue weighted by atomic mass is 10.0. The molecule has 0 spiro atoms. The number of aromatic nitrogens is 2. The molecule has 0 radical (unpaired) electrons. The third-order valence-electron chi connectivity index (χ3n) is 6.06. The van der Waals surface area contributed by atoms with Gasteiger partial charge in [0, 0.05) is 31.7 Å². The van der Waals surface area contributed by atoms with Crippen LogP contribution in [0.5, 0.6) is 0 Å². The molecular formula is C21H25ClFN5O3S. The quantitative estimate of drug-likeness (QED) is 0.694. The fourth-order valence-corrected chi connectivity index (χ4v) is 6.47. The topological polar surface area (TPSA) is 109 Å². The normalized spacial score (nSPS) is 20.8. The van der Waals surface area contributed by atoms with Gasteiger partial charge in [-0.3, -0.25) is 4.79 Å². The van der Waals surface area contributed by atoms with Gasteiger partial charge in [0.25, 0.3) is 0 Å². The van der Waals surface area contributed by atoms with E-state index in [1.54, 1.807) is 11.0 Å². The van der Waals surface area contributed by atoms with Crippen molar-refractivity contribution in [3.05, 3.63) is 52.2 Å². The molecule has 1 fully saturated rings. The molecule has 172 valence electrons. The van der Waals surface area contributed by atoms with Crippen LogP contribution in [-0.2, 0) is 26.8 Å². The summed E-state index contributed by atoms with van der Waals surface area (Å²) in [5.74, 6) is -0.172. The zero-order valence-corrected chi connectivity index (χ0v) is 19.2. The lowest BCUT2D eigenvalue weighted by Crippen LogP contribution is -2.54. The Morgan fingerprint density at radius 2 is 2.00 bits per heavy atom. The number of hydrogen-bond acceptors (Lipinski definition) is 7. The summed E-state index contributed by atoms with van der Waals surface area (Å²) in [4.78, 5) is 25.1. The van der Waals surface area contributed by atoms with E-state index >= 15 is 0 Å². The number of benzene rings is 1. The molecule has 2 aromatic rings. The number of halogens is 2. The van der Waals surface area contributed by atoms with E-state index in [-0.39, 0.29) is 23.1 Å². The van der Waals surface area contributed by atoms with Crippen LogP contribution in [0.4, 0.5) is 10.2 Å². The SMILES string of the molecule is CCC1c2c(ncnc2N2CCN(C(=O)[C@H](N)Cc3ccc(Cl)c(F)c3)CC2)CS1(=O)=O. The first-order valence-electron chi connectivity index (χ1n) is 10.5. The second-order valence-electron chi connectivity index (χ2n) is 8.13. The summed E-state index contributed by atoms with van der Waals surface area (Å²) in [6.07, 6.45) is 2.08. The molecule has 1 saturated heterocycles. The van der Waals surface area contributed by atoms with Gasteiger partial charge in [0.05, 0.1) is 27.8 Å². The third kappa shape index (κ3) is 4.31. The summed E-state index contributed by atoms with van der Waals surface area (Å²) in [6.45, 7) is 3.73. The fraction of sp³-hybridized carbons (Fsp3) is 0.476. The minimum absolute atomic E-state index is 0.0269. The first-order valence-corrected chi connectivity index (χ1v) is 12.6. The predicted molar refractivity (Wildman–Crippen MR) is 120 cm³/mol. The smallest absolute Gasteiger partial charge is 0.239 e. The van der Waals surface area contributed by atoms with E-state index in [1.165, 1.54) is 18.5 Å². The molecule has 1 aromatic carbocycles. The average molecular weight is 482 g/mol. The molecule has 2 N–H and O–H groups in total. The van der Waals surface area contributed by atoms with Gasteiger partial charge >= 0.3 is 0 Å². The van der Waals surface area contributed by atoms with Gasteiger partial charge in [0.15, 0.2) is 9.84 Å². The zero-order chi connectivity index (χ0) is 23.0.